The molecule has 0 atom stereocenters. The summed E-state index contributed by atoms with van der Waals surface area (Å²) in [6, 6.07) is 12.5. The van der Waals surface area contributed by atoms with Crippen LogP contribution in [0.1, 0.15) is 36.7 Å². The summed E-state index contributed by atoms with van der Waals surface area (Å²) in [4.78, 5) is 13.6. The molecule has 0 amide bonds. The molecule has 0 aliphatic heterocycles. The van der Waals surface area contributed by atoms with Crippen molar-refractivity contribution in [1.29, 1.82) is 0 Å². The zero-order valence-corrected chi connectivity index (χ0v) is 14.0. The number of ether oxygens (including phenoxy) is 1. The molecule has 2 rings (SSSR count). The predicted molar refractivity (Wildman–Crippen MR) is 90.7 cm³/mol. The van der Waals surface area contributed by atoms with Crippen LogP contribution in [0, 0.1) is 5.82 Å². The first-order chi connectivity index (χ1) is 10.9. The van der Waals surface area contributed by atoms with E-state index < -0.39 is 5.82 Å². The molecule has 0 N–H and O–H groups in total. The maximum atomic E-state index is 13.9. The molecule has 4 heteroatoms. The van der Waals surface area contributed by atoms with Crippen molar-refractivity contribution in [3.63, 3.8) is 0 Å². The second-order valence-corrected chi connectivity index (χ2v) is 5.86. The molecule has 23 heavy (non-hydrogen) atoms. The minimum absolute atomic E-state index is 0.107. The maximum Gasteiger partial charge on any atom is 0.164 e. The van der Waals surface area contributed by atoms with E-state index in [0.717, 1.165) is 11.3 Å². The molecule has 0 unspecified atom stereocenters. The molecular weight excluding hydrogens is 293 g/mol. The van der Waals surface area contributed by atoms with Crippen LogP contribution in [-0.2, 0) is 6.54 Å². The van der Waals surface area contributed by atoms with Crippen molar-refractivity contribution in [2.45, 2.75) is 33.4 Å². The fraction of sp³-hybridized carbons (Fsp3) is 0.316. The summed E-state index contributed by atoms with van der Waals surface area (Å²) in [7, 11) is 1.84. The van der Waals surface area contributed by atoms with Gasteiger partial charge in [-0.05, 0) is 50.6 Å². The minimum atomic E-state index is -0.487. The van der Waals surface area contributed by atoms with E-state index >= 15 is 0 Å². The van der Waals surface area contributed by atoms with Crippen LogP contribution >= 0.6 is 0 Å². The zero-order chi connectivity index (χ0) is 17.0. The van der Waals surface area contributed by atoms with Crippen LogP contribution in [-0.4, -0.2) is 18.9 Å². The van der Waals surface area contributed by atoms with E-state index in [1.54, 1.807) is 12.1 Å². The first-order valence-electron chi connectivity index (χ1n) is 7.64. The van der Waals surface area contributed by atoms with Crippen LogP contribution < -0.4 is 9.64 Å². The third kappa shape index (κ3) is 4.31. The molecule has 0 fully saturated rings. The van der Waals surface area contributed by atoms with Gasteiger partial charge in [0.1, 0.15) is 11.6 Å². The Balaban J connectivity index is 2.24. The van der Waals surface area contributed by atoms with Gasteiger partial charge in [-0.1, -0.05) is 18.2 Å². The lowest BCUT2D eigenvalue weighted by Crippen LogP contribution is -2.20. The number of Topliss-reactive ketones (excluding diaryl/α,β-unsaturated/α-hetero) is 1. The summed E-state index contributed by atoms with van der Waals surface area (Å²) in [6.07, 6.45) is 0.107. The third-order valence-electron chi connectivity index (χ3n) is 3.44. The van der Waals surface area contributed by atoms with Gasteiger partial charge in [-0.3, -0.25) is 4.79 Å². The highest BCUT2D eigenvalue weighted by Crippen LogP contribution is 2.25. The summed E-state index contributed by atoms with van der Waals surface area (Å²) in [6.45, 7) is 5.89. The van der Waals surface area contributed by atoms with Gasteiger partial charge in [-0.25, -0.2) is 4.39 Å². The van der Waals surface area contributed by atoms with Gasteiger partial charge in [0.15, 0.2) is 5.78 Å². The summed E-state index contributed by atoms with van der Waals surface area (Å²) in [5.74, 6) is 0.0394. The molecular formula is C19H22FNO2. The molecule has 0 saturated carbocycles. The number of carbonyl (C=O) groups is 1. The highest BCUT2D eigenvalue weighted by molar-refractivity contribution is 6.00. The van der Waals surface area contributed by atoms with Crippen LogP contribution in [0.3, 0.4) is 0 Å². The van der Waals surface area contributed by atoms with E-state index in [9.17, 15) is 9.18 Å². The van der Waals surface area contributed by atoms with Crippen molar-refractivity contribution >= 4 is 11.5 Å². The van der Waals surface area contributed by atoms with E-state index in [1.165, 1.54) is 13.0 Å². The first-order valence-corrected chi connectivity index (χ1v) is 7.64. The van der Waals surface area contributed by atoms with Crippen LogP contribution in [0.2, 0.25) is 0 Å². The summed E-state index contributed by atoms with van der Waals surface area (Å²) in [5.41, 5.74) is 1.75. The van der Waals surface area contributed by atoms with Crippen LogP contribution in [0.15, 0.2) is 42.5 Å². The number of carbonyl (C=O) groups excluding carboxylic acids is 1. The molecule has 2 aromatic rings. The van der Waals surface area contributed by atoms with Crippen LogP contribution in [0.5, 0.6) is 5.75 Å². The molecule has 0 bridgehead atoms. The fourth-order valence-electron chi connectivity index (χ4n) is 2.53. The summed E-state index contributed by atoms with van der Waals surface area (Å²) >= 11 is 0. The number of ketones is 1. The van der Waals surface area contributed by atoms with Crippen molar-refractivity contribution in [2.75, 3.05) is 11.9 Å². The molecule has 2 aromatic carbocycles. The van der Waals surface area contributed by atoms with Crippen molar-refractivity contribution in [3.05, 3.63) is 59.4 Å². The number of nitrogens with zero attached hydrogens (tertiary/aromatic N) is 1. The predicted octanol–water partition coefficient (Wildman–Crippen LogP) is 4.45. The fourth-order valence-corrected chi connectivity index (χ4v) is 2.53. The molecule has 0 aliphatic carbocycles. The van der Waals surface area contributed by atoms with E-state index in [0.29, 0.717) is 12.2 Å². The molecule has 0 aliphatic rings. The second kappa shape index (κ2) is 7.27. The van der Waals surface area contributed by atoms with Crippen molar-refractivity contribution in [1.82, 2.24) is 0 Å². The number of halogens is 1. The number of hydrogen-bond donors (Lipinski definition) is 0. The highest BCUT2D eigenvalue weighted by atomic mass is 19.1. The Morgan fingerprint density at radius 1 is 1.22 bits per heavy atom. The highest BCUT2D eigenvalue weighted by Gasteiger charge is 2.16. The van der Waals surface area contributed by atoms with Crippen LogP contribution in [0.4, 0.5) is 10.1 Å². The molecule has 0 heterocycles. The Labute approximate surface area is 136 Å². The molecule has 122 valence electrons. The number of rotatable bonds is 6. The monoisotopic (exact) mass is 315 g/mol. The Hall–Kier alpha value is -2.36. The van der Waals surface area contributed by atoms with Gasteiger partial charge >= 0.3 is 0 Å². The Kier molecular flexibility index (Phi) is 5.37. The Bertz CT molecular complexity index is 698. The van der Waals surface area contributed by atoms with Gasteiger partial charge in [-0.15, -0.1) is 0 Å². The zero-order valence-electron chi connectivity index (χ0n) is 14.0. The smallest absolute Gasteiger partial charge is 0.164 e. The van der Waals surface area contributed by atoms with E-state index in [4.69, 9.17) is 4.74 Å². The lowest BCUT2D eigenvalue weighted by Gasteiger charge is -2.22. The standard InChI is InChI=1S/C19H22FNO2/c1-13(2)23-16-8-5-7-15(11-16)12-21(4)18-10-6-9-17(20)19(18)14(3)22/h5-11,13H,12H2,1-4H3. The molecule has 3 nitrogen and oxygen atoms in total. The van der Waals surface area contributed by atoms with Crippen molar-refractivity contribution in [2.24, 2.45) is 0 Å². The second-order valence-electron chi connectivity index (χ2n) is 5.86. The van der Waals surface area contributed by atoms with Crippen molar-refractivity contribution < 1.29 is 13.9 Å². The normalized spacial score (nSPS) is 10.7. The topological polar surface area (TPSA) is 29.5 Å². The van der Waals surface area contributed by atoms with Crippen molar-refractivity contribution in [3.8, 4) is 5.75 Å². The number of anilines is 1. The quantitative estimate of drug-likeness (QED) is 0.738. The van der Waals surface area contributed by atoms with Gasteiger partial charge in [0, 0.05) is 13.6 Å². The SMILES string of the molecule is CC(=O)c1c(F)cccc1N(C)Cc1cccc(OC(C)C)c1. The average Bonchev–Trinajstić information content (AvgIpc) is 2.46. The minimum Gasteiger partial charge on any atom is -0.491 e. The van der Waals surface area contributed by atoms with Crippen LogP contribution in [0.25, 0.3) is 0 Å². The number of hydrogen-bond acceptors (Lipinski definition) is 3. The van der Waals surface area contributed by atoms with Gasteiger partial charge in [0.05, 0.1) is 17.4 Å². The van der Waals surface area contributed by atoms with E-state index in [2.05, 4.69) is 0 Å². The van der Waals surface area contributed by atoms with Gasteiger partial charge < -0.3 is 9.64 Å². The van der Waals surface area contributed by atoms with Gasteiger partial charge in [-0.2, -0.15) is 0 Å². The summed E-state index contributed by atoms with van der Waals surface area (Å²) < 4.78 is 19.6. The molecule has 0 aromatic heterocycles. The summed E-state index contributed by atoms with van der Waals surface area (Å²) in [5, 5.41) is 0. The van der Waals surface area contributed by atoms with Gasteiger partial charge in [0.25, 0.3) is 0 Å². The van der Waals surface area contributed by atoms with E-state index in [-0.39, 0.29) is 17.5 Å². The van der Waals surface area contributed by atoms with Gasteiger partial charge in [0.2, 0.25) is 0 Å². The maximum absolute atomic E-state index is 13.9. The average molecular weight is 315 g/mol. The molecule has 0 saturated heterocycles. The first kappa shape index (κ1) is 17.0. The molecule has 0 spiro atoms. The number of benzene rings is 2. The lowest BCUT2D eigenvalue weighted by molar-refractivity contribution is 0.101. The molecule has 0 radical (unpaired) electrons. The van der Waals surface area contributed by atoms with E-state index in [1.807, 2.05) is 50.1 Å². The third-order valence-corrected chi connectivity index (χ3v) is 3.44. The Morgan fingerprint density at radius 2 is 1.91 bits per heavy atom. The largest absolute Gasteiger partial charge is 0.491 e. The lowest BCUT2D eigenvalue weighted by atomic mass is 10.1. The Morgan fingerprint density at radius 3 is 2.57 bits per heavy atom.